The summed E-state index contributed by atoms with van der Waals surface area (Å²) in [5.74, 6) is 1.91. The fourth-order valence-corrected chi connectivity index (χ4v) is 3.06. The van der Waals surface area contributed by atoms with Crippen LogP contribution in [0, 0.1) is 16.4 Å². The standard InChI is InChI=1S/C13H16IN3S/c1-7(2)6-9-10(14)12(15)17-13(16-9)11-8(3)4-5-18-11/h4-5,7H,6H2,1-3H3,(H2,15,16,17). The molecule has 5 heteroatoms. The zero-order valence-corrected chi connectivity index (χ0v) is 13.7. The van der Waals surface area contributed by atoms with Crippen molar-refractivity contribution >= 4 is 39.7 Å². The summed E-state index contributed by atoms with van der Waals surface area (Å²) in [5, 5.41) is 2.06. The third-order valence-corrected chi connectivity index (χ3v) is 4.80. The van der Waals surface area contributed by atoms with E-state index in [-0.39, 0.29) is 0 Å². The molecule has 0 radical (unpaired) electrons. The number of halogens is 1. The van der Waals surface area contributed by atoms with Crippen molar-refractivity contribution in [3.8, 4) is 10.7 Å². The molecule has 0 aliphatic rings. The number of hydrogen-bond donors (Lipinski definition) is 1. The SMILES string of the molecule is Cc1ccsc1-c1nc(N)c(I)c(CC(C)C)n1. The zero-order chi connectivity index (χ0) is 13.3. The van der Waals surface area contributed by atoms with Crippen molar-refractivity contribution in [2.75, 3.05) is 5.73 Å². The molecule has 2 aromatic heterocycles. The number of nitrogen functional groups attached to an aromatic ring is 1. The quantitative estimate of drug-likeness (QED) is 0.831. The van der Waals surface area contributed by atoms with Gasteiger partial charge in [0.05, 0.1) is 14.1 Å². The van der Waals surface area contributed by atoms with E-state index >= 15 is 0 Å². The fraction of sp³-hybridized carbons (Fsp3) is 0.385. The highest BCUT2D eigenvalue weighted by Gasteiger charge is 2.14. The van der Waals surface area contributed by atoms with E-state index in [1.54, 1.807) is 11.3 Å². The van der Waals surface area contributed by atoms with E-state index in [0.29, 0.717) is 11.7 Å². The second kappa shape index (κ2) is 5.52. The van der Waals surface area contributed by atoms with E-state index < -0.39 is 0 Å². The predicted octanol–water partition coefficient (Wildman–Crippen LogP) is 3.90. The molecule has 2 heterocycles. The summed E-state index contributed by atoms with van der Waals surface area (Å²) in [7, 11) is 0. The van der Waals surface area contributed by atoms with Crippen molar-refractivity contribution in [3.63, 3.8) is 0 Å². The van der Waals surface area contributed by atoms with E-state index in [9.17, 15) is 0 Å². The molecule has 0 amide bonds. The monoisotopic (exact) mass is 373 g/mol. The number of rotatable bonds is 3. The second-order valence-electron chi connectivity index (χ2n) is 4.72. The topological polar surface area (TPSA) is 51.8 Å². The molecule has 0 aliphatic heterocycles. The van der Waals surface area contributed by atoms with Crippen LogP contribution in [0.4, 0.5) is 5.82 Å². The van der Waals surface area contributed by atoms with Gasteiger partial charge in [0.15, 0.2) is 5.82 Å². The van der Waals surface area contributed by atoms with Crippen molar-refractivity contribution in [1.82, 2.24) is 9.97 Å². The van der Waals surface area contributed by atoms with Crippen LogP contribution in [0.25, 0.3) is 10.7 Å². The number of aromatic nitrogens is 2. The maximum Gasteiger partial charge on any atom is 0.172 e. The van der Waals surface area contributed by atoms with Gasteiger partial charge < -0.3 is 5.73 Å². The largest absolute Gasteiger partial charge is 0.383 e. The summed E-state index contributed by atoms with van der Waals surface area (Å²) in [6.45, 7) is 6.44. The first-order valence-electron chi connectivity index (χ1n) is 5.85. The van der Waals surface area contributed by atoms with Crippen molar-refractivity contribution in [2.24, 2.45) is 5.92 Å². The van der Waals surface area contributed by atoms with Gasteiger partial charge in [-0.1, -0.05) is 13.8 Å². The van der Waals surface area contributed by atoms with E-state index in [0.717, 1.165) is 26.4 Å². The van der Waals surface area contributed by atoms with Crippen LogP contribution < -0.4 is 5.73 Å². The normalized spacial score (nSPS) is 11.2. The van der Waals surface area contributed by atoms with Gasteiger partial charge in [-0.15, -0.1) is 11.3 Å². The molecule has 0 aliphatic carbocycles. The Morgan fingerprint density at radius 1 is 1.39 bits per heavy atom. The summed E-state index contributed by atoms with van der Waals surface area (Å²) >= 11 is 3.90. The molecule has 0 saturated carbocycles. The fourth-order valence-electron chi connectivity index (χ4n) is 1.74. The van der Waals surface area contributed by atoms with Crippen molar-refractivity contribution < 1.29 is 0 Å². The van der Waals surface area contributed by atoms with Gasteiger partial charge in [-0.25, -0.2) is 9.97 Å². The van der Waals surface area contributed by atoms with Crippen LogP contribution in [0.15, 0.2) is 11.4 Å². The van der Waals surface area contributed by atoms with Crippen LogP contribution >= 0.6 is 33.9 Å². The summed E-state index contributed by atoms with van der Waals surface area (Å²) in [5.41, 5.74) is 8.26. The Hall–Kier alpha value is -0.690. The minimum Gasteiger partial charge on any atom is -0.383 e. The Bertz CT molecular complexity index is 563. The van der Waals surface area contributed by atoms with Crippen LogP contribution in [0.3, 0.4) is 0 Å². The smallest absolute Gasteiger partial charge is 0.172 e. The van der Waals surface area contributed by atoms with Crippen molar-refractivity contribution in [3.05, 3.63) is 26.3 Å². The maximum atomic E-state index is 6.00. The van der Waals surface area contributed by atoms with Crippen LogP contribution in [-0.2, 0) is 6.42 Å². The Labute approximate surface area is 125 Å². The molecule has 2 aromatic rings. The van der Waals surface area contributed by atoms with Gasteiger partial charge in [0.25, 0.3) is 0 Å². The molecule has 0 fully saturated rings. The lowest BCUT2D eigenvalue weighted by atomic mass is 10.1. The third kappa shape index (κ3) is 2.83. The number of anilines is 1. The second-order valence-corrected chi connectivity index (χ2v) is 6.72. The van der Waals surface area contributed by atoms with E-state index in [4.69, 9.17) is 5.73 Å². The third-order valence-electron chi connectivity index (χ3n) is 2.61. The molecule has 18 heavy (non-hydrogen) atoms. The van der Waals surface area contributed by atoms with E-state index in [1.165, 1.54) is 5.56 Å². The van der Waals surface area contributed by atoms with Gasteiger partial charge in [-0.3, -0.25) is 0 Å². The molecule has 2 rings (SSSR count). The highest BCUT2D eigenvalue weighted by Crippen LogP contribution is 2.29. The van der Waals surface area contributed by atoms with Gasteiger partial charge in [0.2, 0.25) is 0 Å². The average Bonchev–Trinajstić information content (AvgIpc) is 2.70. The highest BCUT2D eigenvalue weighted by atomic mass is 127. The van der Waals surface area contributed by atoms with E-state index in [1.807, 2.05) is 0 Å². The predicted molar refractivity (Wildman–Crippen MR) is 85.8 cm³/mol. The Morgan fingerprint density at radius 3 is 2.67 bits per heavy atom. The van der Waals surface area contributed by atoms with Crippen LogP contribution in [0.1, 0.15) is 25.1 Å². The molecule has 0 atom stereocenters. The molecule has 0 unspecified atom stereocenters. The minimum atomic E-state index is 0.560. The molecule has 0 aromatic carbocycles. The lowest BCUT2D eigenvalue weighted by molar-refractivity contribution is 0.632. The Balaban J connectivity index is 2.51. The van der Waals surface area contributed by atoms with E-state index in [2.05, 4.69) is 64.8 Å². The number of thiophene rings is 1. The molecular formula is C13H16IN3S. The first-order chi connectivity index (χ1) is 8.49. The van der Waals surface area contributed by atoms with Gasteiger partial charge in [-0.05, 0) is 58.9 Å². The summed E-state index contributed by atoms with van der Waals surface area (Å²) in [6.07, 6.45) is 0.933. The average molecular weight is 373 g/mol. The number of nitrogens with two attached hydrogens (primary N) is 1. The lowest BCUT2D eigenvalue weighted by Crippen LogP contribution is -2.07. The Morgan fingerprint density at radius 2 is 2.11 bits per heavy atom. The maximum absolute atomic E-state index is 6.00. The molecule has 3 nitrogen and oxygen atoms in total. The van der Waals surface area contributed by atoms with Crippen LogP contribution in [0.2, 0.25) is 0 Å². The summed E-state index contributed by atoms with van der Waals surface area (Å²) in [6, 6.07) is 2.08. The molecule has 2 N–H and O–H groups in total. The van der Waals surface area contributed by atoms with Gasteiger partial charge in [0, 0.05) is 0 Å². The molecule has 0 bridgehead atoms. The van der Waals surface area contributed by atoms with Crippen LogP contribution in [0.5, 0.6) is 0 Å². The summed E-state index contributed by atoms with van der Waals surface area (Å²) < 4.78 is 0.985. The van der Waals surface area contributed by atoms with Crippen molar-refractivity contribution in [1.29, 1.82) is 0 Å². The van der Waals surface area contributed by atoms with Crippen LogP contribution in [-0.4, -0.2) is 9.97 Å². The number of aryl methyl sites for hydroxylation is 1. The lowest BCUT2D eigenvalue weighted by Gasteiger charge is -2.10. The molecule has 0 saturated heterocycles. The highest BCUT2D eigenvalue weighted by molar-refractivity contribution is 14.1. The van der Waals surface area contributed by atoms with Gasteiger partial charge in [-0.2, -0.15) is 0 Å². The van der Waals surface area contributed by atoms with Gasteiger partial charge in [0.1, 0.15) is 5.82 Å². The number of hydrogen-bond acceptors (Lipinski definition) is 4. The molecule has 0 spiro atoms. The zero-order valence-electron chi connectivity index (χ0n) is 10.7. The van der Waals surface area contributed by atoms with Crippen molar-refractivity contribution in [2.45, 2.75) is 27.2 Å². The first kappa shape index (κ1) is 13.7. The molecule has 96 valence electrons. The Kier molecular flexibility index (Phi) is 4.21. The van der Waals surface area contributed by atoms with Gasteiger partial charge >= 0.3 is 0 Å². The summed E-state index contributed by atoms with van der Waals surface area (Å²) in [4.78, 5) is 10.2. The number of nitrogens with zero attached hydrogens (tertiary/aromatic N) is 2. The first-order valence-corrected chi connectivity index (χ1v) is 7.81. The minimum absolute atomic E-state index is 0.560. The molecular weight excluding hydrogens is 357 g/mol.